The molecule has 0 saturated heterocycles. The number of benzene rings is 2. The van der Waals surface area contributed by atoms with E-state index in [-0.39, 0.29) is 0 Å². The Morgan fingerprint density at radius 2 is 1.81 bits per heavy atom. The molecule has 0 atom stereocenters. The molecule has 4 heteroatoms. The van der Waals surface area contributed by atoms with Crippen LogP contribution in [0.25, 0.3) is 22.2 Å². The van der Waals surface area contributed by atoms with Gasteiger partial charge in [-0.1, -0.05) is 18.2 Å². The maximum atomic E-state index is 5.45. The summed E-state index contributed by atoms with van der Waals surface area (Å²) >= 11 is 0. The van der Waals surface area contributed by atoms with Crippen molar-refractivity contribution in [2.24, 2.45) is 0 Å². The molecule has 2 aromatic carbocycles. The predicted octanol–water partition coefficient (Wildman–Crippen LogP) is 3.28. The van der Waals surface area contributed by atoms with E-state index in [1.165, 1.54) is 22.2 Å². The van der Waals surface area contributed by atoms with E-state index in [4.69, 9.17) is 14.6 Å². The molecular weight excluding hydrogens is 264 g/mol. The van der Waals surface area contributed by atoms with Gasteiger partial charge in [0.2, 0.25) is 0 Å². The molecule has 1 aromatic heterocycles. The summed E-state index contributed by atoms with van der Waals surface area (Å²) < 4.78 is 13.0. The first-order valence-electron chi connectivity index (χ1n) is 7.02. The van der Waals surface area contributed by atoms with Crippen LogP contribution in [0.15, 0.2) is 36.4 Å². The van der Waals surface area contributed by atoms with Gasteiger partial charge < -0.3 is 9.47 Å². The number of nitrogens with zero attached hydrogens (tertiary/aromatic N) is 2. The molecule has 0 saturated carbocycles. The molecule has 0 bridgehead atoms. The molecule has 3 aromatic rings. The van der Waals surface area contributed by atoms with Crippen molar-refractivity contribution in [3.05, 3.63) is 42.0 Å². The van der Waals surface area contributed by atoms with Crippen LogP contribution in [0.3, 0.4) is 0 Å². The van der Waals surface area contributed by atoms with E-state index >= 15 is 0 Å². The highest BCUT2D eigenvalue weighted by atomic mass is 16.5. The van der Waals surface area contributed by atoms with Crippen LogP contribution in [0, 0.1) is 0 Å². The average Bonchev–Trinajstić information content (AvgIpc) is 2.92. The van der Waals surface area contributed by atoms with Crippen LogP contribution in [-0.4, -0.2) is 24.0 Å². The quantitative estimate of drug-likeness (QED) is 0.723. The van der Waals surface area contributed by atoms with Crippen LogP contribution in [0.1, 0.15) is 5.56 Å². The Balaban J connectivity index is 2.03. The molecule has 0 unspecified atom stereocenters. The van der Waals surface area contributed by atoms with Gasteiger partial charge in [0.1, 0.15) is 0 Å². The zero-order valence-electron chi connectivity index (χ0n) is 12.1. The third-order valence-electron chi connectivity index (χ3n) is 4.10. The Bertz CT molecular complexity index is 836. The van der Waals surface area contributed by atoms with Gasteiger partial charge in [-0.05, 0) is 30.2 Å². The Kier molecular flexibility index (Phi) is 2.64. The molecule has 0 radical (unpaired) electrons. The maximum absolute atomic E-state index is 5.45. The lowest BCUT2D eigenvalue weighted by molar-refractivity contribution is 0.354. The average molecular weight is 280 g/mol. The second kappa shape index (κ2) is 4.52. The number of rotatable bonds is 2. The SMILES string of the molecule is COc1cc2c(cc1OC)-c1c3ccccc3nn1CC2. The van der Waals surface area contributed by atoms with E-state index in [1.807, 2.05) is 6.07 Å². The molecule has 0 amide bonds. The van der Waals surface area contributed by atoms with Crippen molar-refractivity contribution in [3.63, 3.8) is 0 Å². The topological polar surface area (TPSA) is 36.3 Å². The summed E-state index contributed by atoms with van der Waals surface area (Å²) in [4.78, 5) is 0. The minimum atomic E-state index is 0.759. The summed E-state index contributed by atoms with van der Waals surface area (Å²) in [6.45, 7) is 0.895. The molecule has 106 valence electrons. The molecule has 0 aliphatic carbocycles. The van der Waals surface area contributed by atoms with Crippen LogP contribution in [0.5, 0.6) is 11.5 Å². The molecule has 0 spiro atoms. The summed E-state index contributed by atoms with van der Waals surface area (Å²) in [5.74, 6) is 1.54. The highest BCUT2D eigenvalue weighted by Gasteiger charge is 2.22. The number of fused-ring (bicyclic) bond motifs is 5. The number of aryl methyl sites for hydroxylation is 2. The third-order valence-corrected chi connectivity index (χ3v) is 4.10. The van der Waals surface area contributed by atoms with Gasteiger partial charge in [-0.25, -0.2) is 0 Å². The van der Waals surface area contributed by atoms with Gasteiger partial charge in [-0.15, -0.1) is 0 Å². The largest absolute Gasteiger partial charge is 0.493 e. The molecule has 0 fully saturated rings. The van der Waals surface area contributed by atoms with Crippen molar-refractivity contribution in [2.45, 2.75) is 13.0 Å². The van der Waals surface area contributed by atoms with Crippen molar-refractivity contribution >= 4 is 10.9 Å². The van der Waals surface area contributed by atoms with E-state index in [9.17, 15) is 0 Å². The zero-order chi connectivity index (χ0) is 14.4. The van der Waals surface area contributed by atoms with Gasteiger partial charge in [-0.2, -0.15) is 5.10 Å². The molecular formula is C17H16N2O2. The lowest BCUT2D eigenvalue weighted by atomic mass is 9.96. The molecule has 21 heavy (non-hydrogen) atoms. The number of aromatic nitrogens is 2. The minimum absolute atomic E-state index is 0.759. The first-order chi connectivity index (χ1) is 10.3. The number of hydrogen-bond donors (Lipinski definition) is 0. The molecule has 1 aliphatic heterocycles. The smallest absolute Gasteiger partial charge is 0.161 e. The maximum Gasteiger partial charge on any atom is 0.161 e. The van der Waals surface area contributed by atoms with Crippen LogP contribution in [0.4, 0.5) is 0 Å². The van der Waals surface area contributed by atoms with Crippen molar-refractivity contribution in [3.8, 4) is 22.8 Å². The third kappa shape index (κ3) is 1.72. The highest BCUT2D eigenvalue weighted by molar-refractivity contribution is 5.95. The van der Waals surface area contributed by atoms with Gasteiger partial charge in [0.15, 0.2) is 11.5 Å². The van der Waals surface area contributed by atoms with Crippen molar-refractivity contribution in [1.82, 2.24) is 9.78 Å². The summed E-state index contributed by atoms with van der Waals surface area (Å²) in [5, 5.41) is 5.88. The second-order valence-corrected chi connectivity index (χ2v) is 5.20. The minimum Gasteiger partial charge on any atom is -0.493 e. The predicted molar refractivity (Wildman–Crippen MR) is 82.0 cm³/mol. The van der Waals surface area contributed by atoms with Crippen LogP contribution in [0.2, 0.25) is 0 Å². The van der Waals surface area contributed by atoms with Crippen molar-refractivity contribution in [2.75, 3.05) is 14.2 Å². The Morgan fingerprint density at radius 3 is 2.62 bits per heavy atom. The fourth-order valence-corrected chi connectivity index (χ4v) is 3.10. The second-order valence-electron chi connectivity index (χ2n) is 5.20. The van der Waals surface area contributed by atoms with Crippen LogP contribution in [-0.2, 0) is 13.0 Å². The molecule has 1 aliphatic rings. The normalized spacial score (nSPS) is 12.9. The van der Waals surface area contributed by atoms with E-state index in [2.05, 4.69) is 35.0 Å². The standard InChI is InChI=1S/C17H16N2O2/c1-20-15-9-11-7-8-19-17(13(11)10-16(15)21-2)12-5-3-4-6-14(12)18-19/h3-6,9-10H,7-8H2,1-2H3. The lowest BCUT2D eigenvalue weighted by Gasteiger charge is -2.20. The van der Waals surface area contributed by atoms with E-state index in [1.54, 1.807) is 14.2 Å². The lowest BCUT2D eigenvalue weighted by Crippen LogP contribution is -2.12. The number of hydrogen-bond acceptors (Lipinski definition) is 3. The monoisotopic (exact) mass is 280 g/mol. The number of methoxy groups -OCH3 is 2. The first-order valence-corrected chi connectivity index (χ1v) is 7.02. The van der Waals surface area contributed by atoms with E-state index < -0.39 is 0 Å². The van der Waals surface area contributed by atoms with Gasteiger partial charge in [0.05, 0.1) is 25.4 Å². The van der Waals surface area contributed by atoms with Crippen LogP contribution >= 0.6 is 0 Å². The summed E-state index contributed by atoms with van der Waals surface area (Å²) in [6.07, 6.45) is 0.955. The Labute approximate surface area is 122 Å². The highest BCUT2D eigenvalue weighted by Crippen LogP contribution is 2.40. The van der Waals surface area contributed by atoms with Crippen molar-refractivity contribution < 1.29 is 9.47 Å². The van der Waals surface area contributed by atoms with E-state index in [0.717, 1.165) is 30.0 Å². The molecule has 4 nitrogen and oxygen atoms in total. The van der Waals surface area contributed by atoms with Gasteiger partial charge >= 0.3 is 0 Å². The molecule has 2 heterocycles. The van der Waals surface area contributed by atoms with Crippen molar-refractivity contribution in [1.29, 1.82) is 0 Å². The molecule has 0 N–H and O–H groups in total. The Hall–Kier alpha value is -2.49. The summed E-state index contributed by atoms with van der Waals surface area (Å²) in [5.41, 5.74) is 4.68. The fourth-order valence-electron chi connectivity index (χ4n) is 3.10. The van der Waals surface area contributed by atoms with Gasteiger partial charge in [0.25, 0.3) is 0 Å². The summed E-state index contributed by atoms with van der Waals surface area (Å²) in [7, 11) is 3.34. The first kappa shape index (κ1) is 12.3. The Morgan fingerprint density at radius 1 is 1.05 bits per heavy atom. The zero-order valence-corrected chi connectivity index (χ0v) is 12.1. The number of ether oxygens (including phenoxy) is 2. The summed E-state index contributed by atoms with van der Waals surface area (Å²) in [6, 6.07) is 12.4. The van der Waals surface area contributed by atoms with Crippen LogP contribution < -0.4 is 9.47 Å². The van der Waals surface area contributed by atoms with E-state index in [0.29, 0.717) is 0 Å². The molecule has 4 rings (SSSR count). The van der Waals surface area contributed by atoms with Gasteiger partial charge in [-0.3, -0.25) is 4.68 Å². The van der Waals surface area contributed by atoms with Gasteiger partial charge in [0, 0.05) is 17.5 Å². The fraction of sp³-hybridized carbons (Fsp3) is 0.235.